The van der Waals surface area contributed by atoms with Gasteiger partial charge in [-0.05, 0) is 31.7 Å². The zero-order chi connectivity index (χ0) is 13.5. The summed E-state index contributed by atoms with van der Waals surface area (Å²) in [7, 11) is 0. The first-order chi connectivity index (χ1) is 8.52. The Hall–Kier alpha value is -1.43. The van der Waals surface area contributed by atoms with Crippen molar-refractivity contribution in [2.75, 3.05) is 6.54 Å². The summed E-state index contributed by atoms with van der Waals surface area (Å²) in [6, 6.07) is -0.155. The Labute approximate surface area is 108 Å². The fourth-order valence-electron chi connectivity index (χ4n) is 1.98. The van der Waals surface area contributed by atoms with Gasteiger partial charge in [0.05, 0.1) is 6.04 Å². The molecule has 6 nitrogen and oxygen atoms in total. The minimum atomic E-state index is -0.155. The van der Waals surface area contributed by atoms with Crippen LogP contribution in [0, 0.1) is 11.8 Å². The van der Waals surface area contributed by atoms with Crippen LogP contribution >= 0.6 is 0 Å². The standard InChI is InChI=1S/C12H23N5O/c1-8(2)4-10(6-13)5-11(18)16-9(3)12-14-7-15-17-12/h7-10H,4-6,13H2,1-3H3,(H,16,18)(H,14,15,17)/t9?,10-/m0/s1. The molecular weight excluding hydrogens is 230 g/mol. The van der Waals surface area contributed by atoms with E-state index in [1.165, 1.54) is 6.33 Å². The predicted molar refractivity (Wildman–Crippen MR) is 69.6 cm³/mol. The Balaban J connectivity index is 2.40. The molecule has 0 saturated carbocycles. The Morgan fingerprint density at radius 1 is 1.50 bits per heavy atom. The van der Waals surface area contributed by atoms with Crippen LogP contribution < -0.4 is 11.1 Å². The molecule has 0 bridgehead atoms. The minimum Gasteiger partial charge on any atom is -0.346 e. The lowest BCUT2D eigenvalue weighted by Gasteiger charge is -2.18. The van der Waals surface area contributed by atoms with Crippen molar-refractivity contribution in [1.82, 2.24) is 20.5 Å². The topological polar surface area (TPSA) is 96.7 Å². The summed E-state index contributed by atoms with van der Waals surface area (Å²) in [5.41, 5.74) is 5.69. The van der Waals surface area contributed by atoms with Crippen molar-refractivity contribution >= 4 is 5.91 Å². The molecule has 0 fully saturated rings. The monoisotopic (exact) mass is 253 g/mol. The Morgan fingerprint density at radius 2 is 2.22 bits per heavy atom. The van der Waals surface area contributed by atoms with Gasteiger partial charge in [-0.1, -0.05) is 13.8 Å². The van der Waals surface area contributed by atoms with Crippen LogP contribution in [-0.4, -0.2) is 27.6 Å². The number of rotatable bonds is 7. The number of nitrogens with zero attached hydrogens (tertiary/aromatic N) is 2. The highest BCUT2D eigenvalue weighted by Crippen LogP contribution is 2.15. The fourth-order valence-corrected chi connectivity index (χ4v) is 1.98. The highest BCUT2D eigenvalue weighted by Gasteiger charge is 2.17. The van der Waals surface area contributed by atoms with Gasteiger partial charge in [0.2, 0.25) is 5.91 Å². The molecule has 1 amide bonds. The van der Waals surface area contributed by atoms with Crippen molar-refractivity contribution in [2.24, 2.45) is 17.6 Å². The number of hydrogen-bond donors (Lipinski definition) is 3. The van der Waals surface area contributed by atoms with Crippen LogP contribution in [0.2, 0.25) is 0 Å². The van der Waals surface area contributed by atoms with Crippen LogP contribution in [0.3, 0.4) is 0 Å². The molecule has 0 saturated heterocycles. The van der Waals surface area contributed by atoms with Gasteiger partial charge in [0.1, 0.15) is 12.2 Å². The summed E-state index contributed by atoms with van der Waals surface area (Å²) in [5.74, 6) is 1.47. The average Bonchev–Trinajstić information content (AvgIpc) is 2.80. The van der Waals surface area contributed by atoms with E-state index >= 15 is 0 Å². The Kier molecular flexibility index (Phi) is 5.77. The Bertz CT molecular complexity index is 349. The molecule has 1 aromatic heterocycles. The van der Waals surface area contributed by atoms with Gasteiger partial charge in [0.25, 0.3) is 0 Å². The molecule has 0 aliphatic heterocycles. The van der Waals surface area contributed by atoms with Crippen molar-refractivity contribution in [1.29, 1.82) is 0 Å². The summed E-state index contributed by atoms with van der Waals surface area (Å²) < 4.78 is 0. The van der Waals surface area contributed by atoms with E-state index in [1.54, 1.807) is 0 Å². The number of H-pyrrole nitrogens is 1. The summed E-state index contributed by atoms with van der Waals surface area (Å²) in [6.45, 7) is 6.69. The molecule has 18 heavy (non-hydrogen) atoms. The van der Waals surface area contributed by atoms with E-state index in [-0.39, 0.29) is 17.9 Å². The maximum Gasteiger partial charge on any atom is 0.220 e. The summed E-state index contributed by atoms with van der Waals surface area (Å²) in [5, 5.41) is 9.39. The van der Waals surface area contributed by atoms with Crippen LogP contribution in [0.5, 0.6) is 0 Å². The number of amides is 1. The van der Waals surface area contributed by atoms with Crippen molar-refractivity contribution in [2.45, 2.75) is 39.7 Å². The molecule has 4 N–H and O–H groups in total. The van der Waals surface area contributed by atoms with Crippen molar-refractivity contribution in [3.05, 3.63) is 12.2 Å². The van der Waals surface area contributed by atoms with Gasteiger partial charge in [-0.25, -0.2) is 4.98 Å². The van der Waals surface area contributed by atoms with Crippen LogP contribution in [-0.2, 0) is 4.79 Å². The van der Waals surface area contributed by atoms with Crippen molar-refractivity contribution < 1.29 is 4.79 Å². The summed E-state index contributed by atoms with van der Waals surface area (Å²) in [4.78, 5) is 15.9. The molecule has 0 spiro atoms. The number of hydrogen-bond acceptors (Lipinski definition) is 4. The van der Waals surface area contributed by atoms with Gasteiger partial charge in [0, 0.05) is 6.42 Å². The second-order valence-electron chi connectivity index (χ2n) is 5.10. The van der Waals surface area contributed by atoms with Crippen LogP contribution in [0.4, 0.5) is 0 Å². The summed E-state index contributed by atoms with van der Waals surface area (Å²) >= 11 is 0. The van der Waals surface area contributed by atoms with E-state index in [1.807, 2.05) is 6.92 Å². The van der Waals surface area contributed by atoms with Gasteiger partial charge in [-0.2, -0.15) is 5.10 Å². The highest BCUT2D eigenvalue weighted by atomic mass is 16.1. The maximum atomic E-state index is 11.9. The zero-order valence-corrected chi connectivity index (χ0v) is 11.3. The smallest absolute Gasteiger partial charge is 0.220 e. The first-order valence-electron chi connectivity index (χ1n) is 6.37. The molecule has 0 radical (unpaired) electrons. The lowest BCUT2D eigenvalue weighted by atomic mass is 9.94. The molecule has 6 heteroatoms. The molecule has 102 valence electrons. The minimum absolute atomic E-state index is 0.00926. The highest BCUT2D eigenvalue weighted by molar-refractivity contribution is 5.76. The molecular formula is C12H23N5O. The normalized spacial score (nSPS) is 14.5. The van der Waals surface area contributed by atoms with Crippen LogP contribution in [0.15, 0.2) is 6.33 Å². The van der Waals surface area contributed by atoms with Gasteiger partial charge in [-0.3, -0.25) is 9.89 Å². The molecule has 0 aliphatic rings. The lowest BCUT2D eigenvalue weighted by Crippen LogP contribution is -2.31. The van der Waals surface area contributed by atoms with E-state index in [0.29, 0.717) is 24.7 Å². The quantitative estimate of drug-likeness (QED) is 0.675. The largest absolute Gasteiger partial charge is 0.346 e. The second kappa shape index (κ2) is 7.10. The number of nitrogens with two attached hydrogens (primary N) is 1. The number of carbonyl (C=O) groups excluding carboxylic acids is 1. The summed E-state index contributed by atoms with van der Waals surface area (Å²) in [6.07, 6.45) is 2.87. The molecule has 0 aliphatic carbocycles. The van der Waals surface area contributed by atoms with Gasteiger partial charge < -0.3 is 11.1 Å². The molecule has 1 aromatic rings. The van der Waals surface area contributed by atoms with Gasteiger partial charge in [0.15, 0.2) is 0 Å². The fraction of sp³-hybridized carbons (Fsp3) is 0.750. The molecule has 1 unspecified atom stereocenters. The predicted octanol–water partition coefficient (Wildman–Crippen LogP) is 0.993. The van der Waals surface area contributed by atoms with E-state index in [2.05, 4.69) is 34.3 Å². The van der Waals surface area contributed by atoms with E-state index in [4.69, 9.17) is 5.73 Å². The number of aromatic amines is 1. The third-order valence-corrected chi connectivity index (χ3v) is 2.83. The van der Waals surface area contributed by atoms with Gasteiger partial charge >= 0.3 is 0 Å². The van der Waals surface area contributed by atoms with E-state index < -0.39 is 0 Å². The number of carbonyl (C=O) groups is 1. The lowest BCUT2D eigenvalue weighted by molar-refractivity contribution is -0.122. The average molecular weight is 253 g/mol. The Morgan fingerprint density at radius 3 is 2.72 bits per heavy atom. The van der Waals surface area contributed by atoms with Crippen LogP contribution in [0.1, 0.15) is 45.5 Å². The maximum absolute atomic E-state index is 11.9. The zero-order valence-electron chi connectivity index (χ0n) is 11.3. The number of aromatic nitrogens is 3. The molecule has 1 rings (SSSR count). The molecule has 0 aromatic carbocycles. The van der Waals surface area contributed by atoms with Gasteiger partial charge in [-0.15, -0.1) is 0 Å². The van der Waals surface area contributed by atoms with E-state index in [0.717, 1.165) is 6.42 Å². The molecule has 1 heterocycles. The molecule has 2 atom stereocenters. The van der Waals surface area contributed by atoms with Crippen molar-refractivity contribution in [3.8, 4) is 0 Å². The van der Waals surface area contributed by atoms with E-state index in [9.17, 15) is 4.79 Å². The van der Waals surface area contributed by atoms with Crippen LogP contribution in [0.25, 0.3) is 0 Å². The SMILES string of the molecule is CC(C)C[C@H](CN)CC(=O)NC(C)c1ncn[nH]1. The third kappa shape index (κ3) is 4.83. The first-order valence-corrected chi connectivity index (χ1v) is 6.37. The third-order valence-electron chi connectivity index (χ3n) is 2.83. The second-order valence-corrected chi connectivity index (χ2v) is 5.10. The number of nitrogens with one attached hydrogen (secondary N) is 2. The first kappa shape index (κ1) is 14.6. The van der Waals surface area contributed by atoms with Crippen molar-refractivity contribution in [3.63, 3.8) is 0 Å².